The van der Waals surface area contributed by atoms with Crippen LogP contribution in [0.2, 0.25) is 0 Å². The fourth-order valence-electron chi connectivity index (χ4n) is 3.91. The third kappa shape index (κ3) is 3.55. The Kier molecular flexibility index (Phi) is 4.86. The van der Waals surface area contributed by atoms with Crippen LogP contribution in [0.1, 0.15) is 11.1 Å². The molecule has 4 rings (SSSR count). The van der Waals surface area contributed by atoms with Crippen LogP contribution in [-0.2, 0) is 6.54 Å². The molecule has 0 aliphatic carbocycles. The number of aromatic hydroxyl groups is 1. The lowest BCUT2D eigenvalue weighted by Gasteiger charge is -2.37. The Bertz CT molecular complexity index is 949. The van der Waals surface area contributed by atoms with Crippen LogP contribution in [0, 0.1) is 6.92 Å². The number of phenols is 1. The number of nitrogens with zero attached hydrogens (tertiary/aromatic N) is 3. The number of aryl methyl sites for hydroxylation is 1. The van der Waals surface area contributed by atoms with Crippen molar-refractivity contribution in [1.29, 1.82) is 0 Å². The second-order valence-electron chi connectivity index (χ2n) is 7.08. The summed E-state index contributed by atoms with van der Waals surface area (Å²) in [6.45, 7) is 6.91. The van der Waals surface area contributed by atoms with Crippen molar-refractivity contribution < 1.29 is 9.84 Å². The number of fused-ring (bicyclic) bond motifs is 1. The number of ether oxygens (including phenoxy) is 1. The van der Waals surface area contributed by atoms with Crippen LogP contribution < -0.4 is 9.64 Å². The minimum Gasteiger partial charge on any atom is -0.508 e. The first-order chi connectivity index (χ1) is 13.2. The van der Waals surface area contributed by atoms with Crippen LogP contribution in [0.4, 0.5) is 5.69 Å². The molecule has 0 atom stereocenters. The van der Waals surface area contributed by atoms with Gasteiger partial charge >= 0.3 is 0 Å². The average molecular weight is 363 g/mol. The van der Waals surface area contributed by atoms with E-state index in [1.54, 1.807) is 13.2 Å². The molecule has 0 bridgehead atoms. The summed E-state index contributed by atoms with van der Waals surface area (Å²) in [6.07, 6.45) is 1.94. The standard InChI is InChI=1S/C22H25N3O2/c1-16-14-23-21-19(7-4-8-20(21)27-2)22(16)25-11-9-24(10-12-25)15-17-5-3-6-18(26)13-17/h3-8,13-14,26H,9-12,15H2,1-2H3. The number of methoxy groups -OCH3 is 1. The highest BCUT2D eigenvalue weighted by Crippen LogP contribution is 2.34. The Morgan fingerprint density at radius 2 is 1.85 bits per heavy atom. The predicted molar refractivity (Wildman–Crippen MR) is 109 cm³/mol. The zero-order valence-corrected chi connectivity index (χ0v) is 15.9. The minimum atomic E-state index is 0.332. The zero-order chi connectivity index (χ0) is 18.8. The van der Waals surface area contributed by atoms with Gasteiger partial charge in [-0.3, -0.25) is 9.88 Å². The summed E-state index contributed by atoms with van der Waals surface area (Å²) >= 11 is 0. The zero-order valence-electron chi connectivity index (χ0n) is 15.9. The van der Waals surface area contributed by atoms with E-state index in [4.69, 9.17) is 4.74 Å². The number of hydrogen-bond donors (Lipinski definition) is 1. The number of piperazine rings is 1. The van der Waals surface area contributed by atoms with E-state index in [0.29, 0.717) is 5.75 Å². The van der Waals surface area contributed by atoms with Gasteiger partial charge in [-0.2, -0.15) is 0 Å². The van der Waals surface area contributed by atoms with E-state index in [0.717, 1.165) is 54.9 Å². The van der Waals surface area contributed by atoms with E-state index in [-0.39, 0.29) is 0 Å². The van der Waals surface area contributed by atoms with Crippen LogP contribution >= 0.6 is 0 Å². The summed E-state index contributed by atoms with van der Waals surface area (Å²) in [5.41, 5.74) is 4.52. The highest BCUT2D eigenvalue weighted by atomic mass is 16.5. The normalized spacial score (nSPS) is 15.3. The monoisotopic (exact) mass is 363 g/mol. The Morgan fingerprint density at radius 3 is 2.59 bits per heavy atom. The Hall–Kier alpha value is -2.79. The maximum atomic E-state index is 9.66. The molecule has 0 unspecified atom stereocenters. The molecule has 1 saturated heterocycles. The number of phenolic OH excluding ortho intramolecular Hbond substituents is 1. The van der Waals surface area contributed by atoms with Gasteiger partial charge in [0.2, 0.25) is 0 Å². The van der Waals surface area contributed by atoms with Crippen molar-refractivity contribution >= 4 is 16.6 Å². The molecule has 0 radical (unpaired) electrons. The number of rotatable bonds is 4. The fraction of sp³-hybridized carbons (Fsp3) is 0.318. The van der Waals surface area contributed by atoms with E-state index in [9.17, 15) is 5.11 Å². The van der Waals surface area contributed by atoms with Gasteiger partial charge < -0.3 is 14.7 Å². The molecule has 1 aliphatic heterocycles. The third-order valence-corrected chi connectivity index (χ3v) is 5.24. The molecule has 1 fully saturated rings. The SMILES string of the molecule is COc1cccc2c(N3CCN(Cc4cccc(O)c4)CC3)c(C)cnc12. The van der Waals surface area contributed by atoms with Crippen LogP contribution in [0.5, 0.6) is 11.5 Å². The molecule has 5 nitrogen and oxygen atoms in total. The molecule has 2 aromatic carbocycles. The molecule has 1 aromatic heterocycles. The number of aromatic nitrogens is 1. The van der Waals surface area contributed by atoms with E-state index in [1.807, 2.05) is 30.5 Å². The second kappa shape index (κ2) is 7.45. The molecule has 3 aromatic rings. The molecule has 0 spiro atoms. The lowest BCUT2D eigenvalue weighted by molar-refractivity contribution is 0.249. The van der Waals surface area contributed by atoms with Gasteiger partial charge in [-0.1, -0.05) is 24.3 Å². The van der Waals surface area contributed by atoms with Crippen molar-refractivity contribution in [2.45, 2.75) is 13.5 Å². The van der Waals surface area contributed by atoms with Crippen molar-refractivity contribution in [2.24, 2.45) is 0 Å². The molecule has 5 heteroatoms. The molecular formula is C22H25N3O2. The number of anilines is 1. The van der Waals surface area contributed by atoms with Crippen molar-refractivity contribution in [3.63, 3.8) is 0 Å². The highest BCUT2D eigenvalue weighted by Gasteiger charge is 2.21. The Morgan fingerprint density at radius 1 is 1.07 bits per heavy atom. The molecular weight excluding hydrogens is 338 g/mol. The van der Waals surface area contributed by atoms with Crippen molar-refractivity contribution in [3.05, 3.63) is 59.8 Å². The molecule has 0 saturated carbocycles. The van der Waals surface area contributed by atoms with E-state index < -0.39 is 0 Å². The van der Waals surface area contributed by atoms with E-state index in [1.165, 1.54) is 11.3 Å². The number of hydrogen-bond acceptors (Lipinski definition) is 5. The van der Waals surface area contributed by atoms with Gasteiger partial charge in [0.25, 0.3) is 0 Å². The van der Waals surface area contributed by atoms with Gasteiger partial charge in [0.15, 0.2) is 0 Å². The Labute approximate surface area is 159 Å². The first-order valence-corrected chi connectivity index (χ1v) is 9.33. The highest BCUT2D eigenvalue weighted by molar-refractivity contribution is 5.96. The van der Waals surface area contributed by atoms with Crippen LogP contribution in [-0.4, -0.2) is 48.3 Å². The maximum Gasteiger partial charge on any atom is 0.145 e. The average Bonchev–Trinajstić information content (AvgIpc) is 2.68. The topological polar surface area (TPSA) is 48.8 Å². The summed E-state index contributed by atoms with van der Waals surface area (Å²) in [5.74, 6) is 1.15. The third-order valence-electron chi connectivity index (χ3n) is 5.24. The summed E-state index contributed by atoms with van der Waals surface area (Å²) in [5, 5.41) is 10.8. The number of benzene rings is 2. The lowest BCUT2D eigenvalue weighted by atomic mass is 10.1. The molecule has 1 aliphatic rings. The minimum absolute atomic E-state index is 0.332. The van der Waals surface area contributed by atoms with Crippen LogP contribution in [0.3, 0.4) is 0 Å². The molecule has 2 heterocycles. The lowest BCUT2D eigenvalue weighted by Crippen LogP contribution is -2.46. The van der Waals surface area contributed by atoms with Gasteiger partial charge in [0.1, 0.15) is 17.0 Å². The quantitative estimate of drug-likeness (QED) is 0.768. The molecule has 0 amide bonds. The number of pyridine rings is 1. The second-order valence-corrected chi connectivity index (χ2v) is 7.08. The van der Waals surface area contributed by atoms with Crippen LogP contribution in [0.15, 0.2) is 48.7 Å². The number of para-hydroxylation sites is 1. The molecule has 140 valence electrons. The maximum absolute atomic E-state index is 9.66. The first-order valence-electron chi connectivity index (χ1n) is 9.33. The van der Waals surface area contributed by atoms with Crippen molar-refractivity contribution in [3.8, 4) is 11.5 Å². The predicted octanol–water partition coefficient (Wildman–Crippen LogP) is 3.58. The Balaban J connectivity index is 1.54. The summed E-state index contributed by atoms with van der Waals surface area (Å²) in [4.78, 5) is 9.49. The van der Waals surface area contributed by atoms with E-state index in [2.05, 4.69) is 33.8 Å². The fourth-order valence-corrected chi connectivity index (χ4v) is 3.91. The van der Waals surface area contributed by atoms with Crippen LogP contribution in [0.25, 0.3) is 10.9 Å². The molecule has 27 heavy (non-hydrogen) atoms. The largest absolute Gasteiger partial charge is 0.508 e. The molecule has 1 N–H and O–H groups in total. The summed E-state index contributed by atoms with van der Waals surface area (Å²) in [7, 11) is 1.69. The smallest absolute Gasteiger partial charge is 0.145 e. The summed E-state index contributed by atoms with van der Waals surface area (Å²) < 4.78 is 5.49. The van der Waals surface area contributed by atoms with Gasteiger partial charge in [-0.05, 0) is 36.2 Å². The van der Waals surface area contributed by atoms with Gasteiger partial charge in [-0.25, -0.2) is 0 Å². The first kappa shape index (κ1) is 17.6. The van der Waals surface area contributed by atoms with Crippen molar-refractivity contribution in [2.75, 3.05) is 38.2 Å². The van der Waals surface area contributed by atoms with Gasteiger partial charge in [0.05, 0.1) is 12.8 Å². The van der Waals surface area contributed by atoms with Gasteiger partial charge in [0, 0.05) is 44.3 Å². The van der Waals surface area contributed by atoms with Crippen molar-refractivity contribution in [1.82, 2.24) is 9.88 Å². The summed E-state index contributed by atoms with van der Waals surface area (Å²) in [6, 6.07) is 13.7. The van der Waals surface area contributed by atoms with Gasteiger partial charge in [-0.15, -0.1) is 0 Å². The van der Waals surface area contributed by atoms with E-state index >= 15 is 0 Å².